The molecule has 1 aliphatic heterocycles. The number of thioether (sulfide) groups is 1. The summed E-state index contributed by atoms with van der Waals surface area (Å²) in [5.41, 5.74) is 1.13. The van der Waals surface area contributed by atoms with E-state index in [4.69, 9.17) is 9.47 Å². The van der Waals surface area contributed by atoms with Crippen molar-refractivity contribution in [1.29, 1.82) is 0 Å². The topological polar surface area (TPSA) is 58.1 Å². The molecular weight excluding hydrogens is 396 g/mol. The third-order valence-corrected chi connectivity index (χ3v) is 5.83. The van der Waals surface area contributed by atoms with E-state index >= 15 is 0 Å². The van der Waals surface area contributed by atoms with Crippen LogP contribution in [0.1, 0.15) is 5.56 Å². The maximum atomic E-state index is 6.07. The van der Waals surface area contributed by atoms with Gasteiger partial charge in [0, 0.05) is 56.0 Å². The van der Waals surface area contributed by atoms with Crippen molar-refractivity contribution in [2.75, 3.05) is 58.8 Å². The van der Waals surface area contributed by atoms with Crippen LogP contribution in [0.5, 0.6) is 5.75 Å². The minimum Gasteiger partial charge on any atom is -0.492 e. The Balaban J connectivity index is 1.39. The molecule has 7 heteroatoms. The van der Waals surface area contributed by atoms with Crippen LogP contribution in [-0.4, -0.2) is 69.7 Å². The maximum absolute atomic E-state index is 6.07. The molecule has 6 nitrogen and oxygen atoms in total. The molecule has 162 valence electrons. The molecule has 30 heavy (non-hydrogen) atoms. The SMILES string of the molecule is CN=C(NCCSc1ccccc1)NCc1ccccc1OCCN1CCOCC1. The van der Waals surface area contributed by atoms with Crippen LogP contribution >= 0.6 is 11.8 Å². The zero-order valence-corrected chi connectivity index (χ0v) is 18.5. The van der Waals surface area contributed by atoms with Gasteiger partial charge in [-0.3, -0.25) is 9.89 Å². The fraction of sp³-hybridized carbons (Fsp3) is 0.435. The van der Waals surface area contributed by atoms with E-state index in [1.807, 2.05) is 36.0 Å². The Bertz CT molecular complexity index is 767. The average molecular weight is 429 g/mol. The highest BCUT2D eigenvalue weighted by Gasteiger charge is 2.10. The number of morpholine rings is 1. The van der Waals surface area contributed by atoms with Crippen molar-refractivity contribution >= 4 is 17.7 Å². The Morgan fingerprint density at radius 1 is 1.07 bits per heavy atom. The third kappa shape index (κ3) is 7.89. The Morgan fingerprint density at radius 2 is 1.83 bits per heavy atom. The number of guanidine groups is 1. The van der Waals surface area contributed by atoms with Crippen molar-refractivity contribution in [3.8, 4) is 5.75 Å². The first-order chi connectivity index (χ1) is 14.8. The summed E-state index contributed by atoms with van der Waals surface area (Å²) < 4.78 is 11.5. The molecule has 0 radical (unpaired) electrons. The van der Waals surface area contributed by atoms with Gasteiger partial charge >= 0.3 is 0 Å². The lowest BCUT2D eigenvalue weighted by Crippen LogP contribution is -2.39. The van der Waals surface area contributed by atoms with Crippen LogP contribution in [0.4, 0.5) is 0 Å². The molecule has 0 atom stereocenters. The molecule has 3 rings (SSSR count). The summed E-state index contributed by atoms with van der Waals surface area (Å²) in [5, 5.41) is 6.76. The molecule has 2 aromatic rings. The summed E-state index contributed by atoms with van der Waals surface area (Å²) >= 11 is 1.83. The first kappa shape index (κ1) is 22.5. The number of ether oxygens (including phenoxy) is 2. The van der Waals surface area contributed by atoms with Crippen molar-refractivity contribution in [3.63, 3.8) is 0 Å². The van der Waals surface area contributed by atoms with Crippen molar-refractivity contribution in [2.24, 2.45) is 4.99 Å². The number of aliphatic imine (C=N–C) groups is 1. The van der Waals surface area contributed by atoms with Gasteiger partial charge in [-0.25, -0.2) is 0 Å². The average Bonchev–Trinajstić information content (AvgIpc) is 2.81. The van der Waals surface area contributed by atoms with E-state index in [2.05, 4.69) is 50.9 Å². The van der Waals surface area contributed by atoms with Crippen molar-refractivity contribution in [2.45, 2.75) is 11.4 Å². The molecule has 0 amide bonds. The lowest BCUT2D eigenvalue weighted by Gasteiger charge is -2.26. The number of hydrogen-bond acceptors (Lipinski definition) is 5. The van der Waals surface area contributed by atoms with Crippen molar-refractivity contribution in [1.82, 2.24) is 15.5 Å². The number of benzene rings is 2. The van der Waals surface area contributed by atoms with E-state index < -0.39 is 0 Å². The van der Waals surface area contributed by atoms with E-state index in [0.717, 1.165) is 62.4 Å². The van der Waals surface area contributed by atoms with Gasteiger partial charge in [-0.2, -0.15) is 0 Å². The first-order valence-electron chi connectivity index (χ1n) is 10.5. The predicted molar refractivity (Wildman–Crippen MR) is 125 cm³/mol. The Morgan fingerprint density at radius 3 is 2.63 bits per heavy atom. The number of rotatable bonds is 10. The molecule has 0 saturated carbocycles. The molecule has 1 aliphatic rings. The molecule has 2 N–H and O–H groups in total. The molecule has 1 saturated heterocycles. The smallest absolute Gasteiger partial charge is 0.191 e. The number of para-hydroxylation sites is 1. The molecule has 0 aliphatic carbocycles. The first-order valence-corrected chi connectivity index (χ1v) is 11.5. The highest BCUT2D eigenvalue weighted by Crippen LogP contribution is 2.18. The van der Waals surface area contributed by atoms with E-state index in [0.29, 0.717) is 13.2 Å². The zero-order chi connectivity index (χ0) is 20.9. The lowest BCUT2D eigenvalue weighted by atomic mass is 10.2. The predicted octanol–water partition coefficient (Wildman–Crippen LogP) is 2.85. The van der Waals surface area contributed by atoms with Gasteiger partial charge in [0.05, 0.1) is 13.2 Å². The highest BCUT2D eigenvalue weighted by atomic mass is 32.2. The second-order valence-electron chi connectivity index (χ2n) is 6.92. The van der Waals surface area contributed by atoms with Gasteiger partial charge < -0.3 is 20.1 Å². The number of hydrogen-bond donors (Lipinski definition) is 2. The quantitative estimate of drug-likeness (QED) is 0.263. The minimum absolute atomic E-state index is 0.666. The van der Waals surface area contributed by atoms with Crippen LogP contribution in [-0.2, 0) is 11.3 Å². The summed E-state index contributed by atoms with van der Waals surface area (Å²) in [4.78, 5) is 7.99. The molecule has 1 heterocycles. The molecule has 0 bridgehead atoms. The monoisotopic (exact) mass is 428 g/mol. The number of nitrogens with one attached hydrogen (secondary N) is 2. The van der Waals surface area contributed by atoms with Gasteiger partial charge in [0.15, 0.2) is 5.96 Å². The second-order valence-corrected chi connectivity index (χ2v) is 8.09. The van der Waals surface area contributed by atoms with Gasteiger partial charge in [-0.15, -0.1) is 11.8 Å². The van der Waals surface area contributed by atoms with Crippen LogP contribution in [0, 0.1) is 0 Å². The number of nitrogens with zero attached hydrogens (tertiary/aromatic N) is 2. The molecule has 0 aromatic heterocycles. The van der Waals surface area contributed by atoms with E-state index in [1.54, 1.807) is 7.05 Å². The van der Waals surface area contributed by atoms with Gasteiger partial charge in [0.1, 0.15) is 12.4 Å². The standard InChI is InChI=1S/C23H32N4O2S/c1-24-23(25-11-18-30-21-8-3-2-4-9-21)26-19-20-7-5-6-10-22(20)29-17-14-27-12-15-28-16-13-27/h2-10H,11-19H2,1H3,(H2,24,25,26). The fourth-order valence-electron chi connectivity index (χ4n) is 3.15. The van der Waals surface area contributed by atoms with Gasteiger partial charge in [0.25, 0.3) is 0 Å². The maximum Gasteiger partial charge on any atom is 0.191 e. The highest BCUT2D eigenvalue weighted by molar-refractivity contribution is 7.99. The summed E-state index contributed by atoms with van der Waals surface area (Å²) in [6, 6.07) is 18.6. The van der Waals surface area contributed by atoms with Crippen LogP contribution in [0.15, 0.2) is 64.5 Å². The third-order valence-electron chi connectivity index (χ3n) is 4.82. The summed E-state index contributed by atoms with van der Waals surface area (Å²) in [6.07, 6.45) is 0. The molecule has 0 spiro atoms. The molecule has 2 aromatic carbocycles. The summed E-state index contributed by atoms with van der Waals surface area (Å²) in [6.45, 7) is 6.71. The molecule has 1 fully saturated rings. The Hall–Kier alpha value is -2.22. The van der Waals surface area contributed by atoms with Crippen LogP contribution in [0.3, 0.4) is 0 Å². The van der Waals surface area contributed by atoms with Crippen molar-refractivity contribution < 1.29 is 9.47 Å². The zero-order valence-electron chi connectivity index (χ0n) is 17.7. The fourth-order valence-corrected chi connectivity index (χ4v) is 3.94. The summed E-state index contributed by atoms with van der Waals surface area (Å²) in [7, 11) is 1.80. The van der Waals surface area contributed by atoms with Crippen LogP contribution in [0.25, 0.3) is 0 Å². The minimum atomic E-state index is 0.666. The van der Waals surface area contributed by atoms with E-state index in [9.17, 15) is 0 Å². The molecule has 0 unspecified atom stereocenters. The van der Waals surface area contributed by atoms with Gasteiger partial charge in [0.2, 0.25) is 0 Å². The molecular formula is C23H32N4O2S. The van der Waals surface area contributed by atoms with Crippen LogP contribution in [0.2, 0.25) is 0 Å². The van der Waals surface area contributed by atoms with Gasteiger partial charge in [-0.1, -0.05) is 36.4 Å². The van der Waals surface area contributed by atoms with Crippen LogP contribution < -0.4 is 15.4 Å². The summed E-state index contributed by atoms with van der Waals surface area (Å²) in [5.74, 6) is 2.70. The Labute approximate surface area is 184 Å². The van der Waals surface area contributed by atoms with Gasteiger partial charge in [-0.05, 0) is 18.2 Å². The Kier molecular flexibility index (Phi) is 9.85. The second kappa shape index (κ2) is 13.2. The van der Waals surface area contributed by atoms with E-state index in [-0.39, 0.29) is 0 Å². The largest absolute Gasteiger partial charge is 0.492 e. The van der Waals surface area contributed by atoms with Crippen molar-refractivity contribution in [3.05, 3.63) is 60.2 Å². The lowest BCUT2D eigenvalue weighted by molar-refractivity contribution is 0.0322. The van der Waals surface area contributed by atoms with E-state index in [1.165, 1.54) is 4.90 Å². The normalized spacial score (nSPS) is 15.0.